The molecule has 0 amide bonds. The van der Waals surface area contributed by atoms with Crippen LogP contribution in [0.3, 0.4) is 0 Å². The molecule has 1 aromatic carbocycles. The molecule has 17 heavy (non-hydrogen) atoms. The first-order valence-electron chi connectivity index (χ1n) is 6.03. The number of benzene rings is 1. The van der Waals surface area contributed by atoms with E-state index in [1.54, 1.807) is 6.07 Å². The number of nitrogens with one attached hydrogen (secondary N) is 1. The van der Waals surface area contributed by atoms with Crippen LogP contribution in [0.25, 0.3) is 0 Å². The first-order valence-corrected chi connectivity index (χ1v) is 6.03. The first kappa shape index (κ1) is 10.4. The van der Waals surface area contributed by atoms with Gasteiger partial charge in [-0.05, 0) is 18.1 Å². The molecule has 3 heteroatoms. The van der Waals surface area contributed by atoms with Gasteiger partial charge in [-0.3, -0.25) is 0 Å². The number of hydrogen-bond donors (Lipinski definition) is 2. The Hall–Kier alpha value is -1.74. The van der Waals surface area contributed by atoms with Gasteiger partial charge in [-0.2, -0.15) is 0 Å². The van der Waals surface area contributed by atoms with Crippen molar-refractivity contribution < 1.29 is 5.11 Å². The quantitative estimate of drug-likeness (QED) is 0.773. The zero-order valence-corrected chi connectivity index (χ0v) is 9.69. The molecule has 0 aromatic heterocycles. The number of fused-ring (bicyclic) bond motifs is 1. The Bertz CT molecular complexity index is 491. The third-order valence-electron chi connectivity index (χ3n) is 3.28. The van der Waals surface area contributed by atoms with Gasteiger partial charge in [0.05, 0.1) is 5.69 Å². The van der Waals surface area contributed by atoms with E-state index < -0.39 is 0 Å². The van der Waals surface area contributed by atoms with E-state index in [1.165, 1.54) is 11.3 Å². The Balaban J connectivity index is 2.04. The molecule has 3 nitrogen and oxygen atoms in total. The summed E-state index contributed by atoms with van der Waals surface area (Å²) in [5.74, 6) is 0.367. The molecule has 2 aliphatic rings. The van der Waals surface area contributed by atoms with Crippen LogP contribution >= 0.6 is 0 Å². The minimum absolute atomic E-state index is 0.367. The minimum Gasteiger partial charge on any atom is -0.506 e. The number of allylic oxidation sites excluding steroid dienone is 1. The van der Waals surface area contributed by atoms with Crippen molar-refractivity contribution in [1.82, 2.24) is 5.32 Å². The molecule has 2 N–H and O–H groups in total. The van der Waals surface area contributed by atoms with Crippen molar-refractivity contribution in [3.8, 4) is 5.75 Å². The molecule has 2 aliphatic heterocycles. The van der Waals surface area contributed by atoms with E-state index in [2.05, 4.69) is 34.6 Å². The Morgan fingerprint density at radius 2 is 2.24 bits per heavy atom. The molecule has 0 bridgehead atoms. The van der Waals surface area contributed by atoms with E-state index in [0.29, 0.717) is 5.75 Å². The lowest BCUT2D eigenvalue weighted by atomic mass is 10.0. The molecule has 0 saturated heterocycles. The number of hydrogen-bond acceptors (Lipinski definition) is 3. The molecule has 0 aliphatic carbocycles. The van der Waals surface area contributed by atoms with Gasteiger partial charge in [-0.15, -0.1) is 0 Å². The van der Waals surface area contributed by atoms with Gasteiger partial charge in [0.2, 0.25) is 0 Å². The normalized spacial score (nSPS) is 18.8. The molecule has 0 radical (unpaired) electrons. The third-order valence-corrected chi connectivity index (χ3v) is 3.28. The molecule has 0 spiro atoms. The summed E-state index contributed by atoms with van der Waals surface area (Å²) in [6.45, 7) is 1.90. The van der Waals surface area contributed by atoms with E-state index >= 15 is 0 Å². The summed E-state index contributed by atoms with van der Waals surface area (Å²) in [4.78, 5) is 2.12. The lowest BCUT2D eigenvalue weighted by Gasteiger charge is -2.31. The maximum atomic E-state index is 10.0. The number of anilines is 1. The van der Waals surface area contributed by atoms with Crippen molar-refractivity contribution in [2.75, 3.05) is 18.0 Å². The maximum absolute atomic E-state index is 10.0. The summed E-state index contributed by atoms with van der Waals surface area (Å²) in [7, 11) is 0. The summed E-state index contributed by atoms with van der Waals surface area (Å²) < 4.78 is 0. The van der Waals surface area contributed by atoms with Crippen LogP contribution in [0.1, 0.15) is 12.0 Å². The summed E-state index contributed by atoms with van der Waals surface area (Å²) in [6, 6.07) is 5.74. The van der Waals surface area contributed by atoms with Crippen molar-refractivity contribution in [2.45, 2.75) is 12.8 Å². The molecule has 0 fully saturated rings. The Morgan fingerprint density at radius 3 is 3.06 bits per heavy atom. The molecular formula is C14H16N2O. The molecular weight excluding hydrogens is 212 g/mol. The highest BCUT2D eigenvalue weighted by Gasteiger charge is 2.20. The second-order valence-corrected chi connectivity index (χ2v) is 4.39. The molecule has 3 rings (SSSR count). The van der Waals surface area contributed by atoms with Gasteiger partial charge < -0.3 is 15.3 Å². The van der Waals surface area contributed by atoms with Gasteiger partial charge in [-0.25, -0.2) is 0 Å². The third kappa shape index (κ3) is 1.83. The number of phenolic OH excluding ortho intramolecular Hbond substituents is 1. The highest BCUT2D eigenvalue weighted by molar-refractivity contribution is 5.70. The summed E-state index contributed by atoms with van der Waals surface area (Å²) in [5, 5.41) is 13.3. The highest BCUT2D eigenvalue weighted by Crippen LogP contribution is 2.37. The number of aromatic hydroxyl groups is 1. The van der Waals surface area contributed by atoms with Crippen molar-refractivity contribution >= 4 is 5.69 Å². The van der Waals surface area contributed by atoms with E-state index in [0.717, 1.165) is 31.6 Å². The zero-order chi connectivity index (χ0) is 11.7. The van der Waals surface area contributed by atoms with Crippen LogP contribution < -0.4 is 10.2 Å². The van der Waals surface area contributed by atoms with Gasteiger partial charge in [0, 0.05) is 31.4 Å². The van der Waals surface area contributed by atoms with Crippen LogP contribution in [0.2, 0.25) is 0 Å². The number of rotatable bonds is 1. The SMILES string of the molecule is Oc1cccc2c1N(C1=CCNCC1)C=CC2. The summed E-state index contributed by atoms with van der Waals surface area (Å²) in [5.41, 5.74) is 3.40. The summed E-state index contributed by atoms with van der Waals surface area (Å²) >= 11 is 0. The second-order valence-electron chi connectivity index (χ2n) is 4.39. The smallest absolute Gasteiger partial charge is 0.139 e. The second kappa shape index (κ2) is 4.26. The van der Waals surface area contributed by atoms with Gasteiger partial charge in [0.1, 0.15) is 5.75 Å². The van der Waals surface area contributed by atoms with E-state index in [1.807, 2.05) is 6.07 Å². The fraction of sp³-hybridized carbons (Fsp3) is 0.286. The van der Waals surface area contributed by atoms with Crippen molar-refractivity contribution in [2.24, 2.45) is 0 Å². The molecule has 0 atom stereocenters. The largest absolute Gasteiger partial charge is 0.506 e. The van der Waals surface area contributed by atoms with Crippen LogP contribution in [0.15, 0.2) is 42.2 Å². The molecule has 2 heterocycles. The van der Waals surface area contributed by atoms with Gasteiger partial charge in [0.25, 0.3) is 0 Å². The monoisotopic (exact) mass is 228 g/mol. The fourth-order valence-corrected chi connectivity index (χ4v) is 2.45. The summed E-state index contributed by atoms with van der Waals surface area (Å²) in [6.07, 6.45) is 8.29. The predicted molar refractivity (Wildman–Crippen MR) is 69.0 cm³/mol. The number of nitrogens with zero attached hydrogens (tertiary/aromatic N) is 1. The van der Waals surface area contributed by atoms with E-state index in [4.69, 9.17) is 0 Å². The number of para-hydroxylation sites is 1. The predicted octanol–water partition coefficient (Wildman–Crippen LogP) is 2.15. The average Bonchev–Trinajstić information content (AvgIpc) is 2.39. The Kier molecular flexibility index (Phi) is 2.61. The lowest BCUT2D eigenvalue weighted by molar-refractivity contribution is 0.475. The Morgan fingerprint density at radius 1 is 1.29 bits per heavy atom. The molecule has 0 unspecified atom stereocenters. The lowest BCUT2D eigenvalue weighted by Crippen LogP contribution is -2.28. The van der Waals surface area contributed by atoms with E-state index in [9.17, 15) is 5.11 Å². The van der Waals surface area contributed by atoms with Gasteiger partial charge in [0.15, 0.2) is 0 Å². The topological polar surface area (TPSA) is 35.5 Å². The van der Waals surface area contributed by atoms with Crippen molar-refractivity contribution in [3.05, 3.63) is 47.8 Å². The molecule has 1 aromatic rings. The highest BCUT2D eigenvalue weighted by atomic mass is 16.3. The van der Waals surface area contributed by atoms with Crippen LogP contribution in [-0.4, -0.2) is 18.2 Å². The van der Waals surface area contributed by atoms with Crippen molar-refractivity contribution in [1.29, 1.82) is 0 Å². The van der Waals surface area contributed by atoms with Crippen LogP contribution in [0.5, 0.6) is 5.75 Å². The van der Waals surface area contributed by atoms with Crippen LogP contribution in [-0.2, 0) is 6.42 Å². The zero-order valence-electron chi connectivity index (χ0n) is 9.69. The first-order chi connectivity index (χ1) is 8.36. The minimum atomic E-state index is 0.367. The van der Waals surface area contributed by atoms with Gasteiger partial charge in [-0.1, -0.05) is 24.3 Å². The molecule has 0 saturated carbocycles. The van der Waals surface area contributed by atoms with Crippen LogP contribution in [0, 0.1) is 0 Å². The van der Waals surface area contributed by atoms with Gasteiger partial charge >= 0.3 is 0 Å². The fourth-order valence-electron chi connectivity index (χ4n) is 2.45. The maximum Gasteiger partial charge on any atom is 0.139 e. The van der Waals surface area contributed by atoms with E-state index in [-0.39, 0.29) is 0 Å². The van der Waals surface area contributed by atoms with Crippen molar-refractivity contribution in [3.63, 3.8) is 0 Å². The number of phenols is 1. The Labute approximate surface area is 101 Å². The van der Waals surface area contributed by atoms with Crippen LogP contribution in [0.4, 0.5) is 5.69 Å². The average molecular weight is 228 g/mol. The molecule has 88 valence electrons. The standard InChI is InChI=1S/C14H16N2O/c17-13-5-1-3-11-4-2-10-16(14(11)13)12-6-8-15-9-7-12/h1-3,5-6,10,15,17H,4,7-9H2.